The summed E-state index contributed by atoms with van der Waals surface area (Å²) < 4.78 is 5.14. The Kier molecular flexibility index (Phi) is 5.99. The normalized spacial score (nSPS) is 12.4. The molecular formula is C15H23O. The molecule has 1 heteroatoms. The number of rotatable bonds is 7. The Balaban J connectivity index is 2.37. The van der Waals surface area contributed by atoms with E-state index in [1.165, 1.54) is 37.7 Å². The highest BCUT2D eigenvalue weighted by Gasteiger charge is 2.05. The molecule has 0 N–H and O–H groups in total. The first kappa shape index (κ1) is 13.1. The third kappa shape index (κ3) is 4.26. The van der Waals surface area contributed by atoms with Gasteiger partial charge in [-0.2, -0.15) is 0 Å². The third-order valence-electron chi connectivity index (χ3n) is 2.99. The Morgan fingerprint density at radius 3 is 2.38 bits per heavy atom. The Bertz CT molecular complexity index is 276. The monoisotopic (exact) mass is 219 g/mol. The van der Waals surface area contributed by atoms with Gasteiger partial charge in [-0.05, 0) is 37.0 Å². The number of hydrogen-bond donors (Lipinski definition) is 0. The van der Waals surface area contributed by atoms with Crippen molar-refractivity contribution in [3.8, 4) is 5.75 Å². The van der Waals surface area contributed by atoms with Crippen LogP contribution in [0.15, 0.2) is 24.3 Å². The topological polar surface area (TPSA) is 9.23 Å². The molecule has 0 spiro atoms. The average Bonchev–Trinajstić information content (AvgIpc) is 2.34. The number of benzene rings is 1. The van der Waals surface area contributed by atoms with Gasteiger partial charge >= 0.3 is 0 Å². The van der Waals surface area contributed by atoms with Gasteiger partial charge in [0.05, 0.1) is 7.11 Å². The van der Waals surface area contributed by atoms with E-state index in [-0.39, 0.29) is 0 Å². The molecule has 0 amide bonds. The Morgan fingerprint density at radius 2 is 1.81 bits per heavy atom. The molecule has 0 aliphatic heterocycles. The van der Waals surface area contributed by atoms with Crippen molar-refractivity contribution in [1.29, 1.82) is 0 Å². The van der Waals surface area contributed by atoms with Gasteiger partial charge < -0.3 is 4.74 Å². The molecule has 0 aliphatic carbocycles. The first-order chi connectivity index (χ1) is 7.77. The molecule has 16 heavy (non-hydrogen) atoms. The van der Waals surface area contributed by atoms with Gasteiger partial charge in [0.2, 0.25) is 0 Å². The zero-order valence-corrected chi connectivity index (χ0v) is 10.5. The molecule has 0 bridgehead atoms. The van der Waals surface area contributed by atoms with Gasteiger partial charge in [-0.1, -0.05) is 44.7 Å². The van der Waals surface area contributed by atoms with E-state index in [9.17, 15) is 0 Å². The molecule has 1 aromatic carbocycles. The van der Waals surface area contributed by atoms with Crippen molar-refractivity contribution in [3.63, 3.8) is 0 Å². The van der Waals surface area contributed by atoms with Gasteiger partial charge in [0.25, 0.3) is 0 Å². The number of hydrogen-bond acceptors (Lipinski definition) is 1. The van der Waals surface area contributed by atoms with Crippen molar-refractivity contribution < 1.29 is 4.74 Å². The van der Waals surface area contributed by atoms with Crippen LogP contribution in [0, 0.1) is 6.92 Å². The summed E-state index contributed by atoms with van der Waals surface area (Å²) in [6.45, 7) is 6.46. The molecule has 0 fully saturated rings. The fraction of sp³-hybridized carbons (Fsp3) is 0.533. The fourth-order valence-corrected chi connectivity index (χ4v) is 1.86. The molecular weight excluding hydrogens is 196 g/mol. The second-order valence-electron chi connectivity index (χ2n) is 4.32. The van der Waals surface area contributed by atoms with Crippen molar-refractivity contribution in [1.82, 2.24) is 0 Å². The molecule has 1 radical (unpaired) electrons. The Hall–Kier alpha value is -0.980. The molecule has 1 unspecified atom stereocenters. The van der Waals surface area contributed by atoms with E-state index in [1.807, 2.05) is 12.1 Å². The minimum absolute atomic E-state index is 0.419. The van der Waals surface area contributed by atoms with Crippen LogP contribution < -0.4 is 4.74 Å². The fourth-order valence-electron chi connectivity index (χ4n) is 1.86. The molecule has 89 valence electrons. The number of ether oxygens (including phenoxy) is 1. The lowest BCUT2D eigenvalue weighted by atomic mass is 9.95. The highest BCUT2D eigenvalue weighted by atomic mass is 16.5. The lowest BCUT2D eigenvalue weighted by Gasteiger charge is -2.12. The van der Waals surface area contributed by atoms with Crippen molar-refractivity contribution in [2.75, 3.05) is 7.11 Å². The van der Waals surface area contributed by atoms with E-state index >= 15 is 0 Å². The maximum Gasteiger partial charge on any atom is 0.118 e. The zero-order chi connectivity index (χ0) is 11.8. The van der Waals surface area contributed by atoms with E-state index in [1.54, 1.807) is 7.11 Å². The van der Waals surface area contributed by atoms with E-state index in [2.05, 4.69) is 26.0 Å². The average molecular weight is 219 g/mol. The van der Waals surface area contributed by atoms with Crippen LogP contribution in [-0.2, 0) is 0 Å². The van der Waals surface area contributed by atoms with Crippen LogP contribution in [0.4, 0.5) is 0 Å². The highest BCUT2D eigenvalue weighted by molar-refractivity contribution is 5.29. The van der Waals surface area contributed by atoms with Gasteiger partial charge in [0.1, 0.15) is 5.75 Å². The van der Waals surface area contributed by atoms with Gasteiger partial charge in [-0.3, -0.25) is 0 Å². The molecule has 1 nitrogen and oxygen atoms in total. The number of unbranched alkanes of at least 4 members (excludes halogenated alkanes) is 3. The predicted molar refractivity (Wildman–Crippen MR) is 69.9 cm³/mol. The van der Waals surface area contributed by atoms with Gasteiger partial charge in [0.15, 0.2) is 0 Å². The lowest BCUT2D eigenvalue weighted by Crippen LogP contribution is -1.94. The van der Waals surface area contributed by atoms with Crippen molar-refractivity contribution in [2.24, 2.45) is 0 Å². The Labute approximate surface area is 99.8 Å². The quantitative estimate of drug-likeness (QED) is 0.610. The zero-order valence-electron chi connectivity index (χ0n) is 10.5. The summed E-state index contributed by atoms with van der Waals surface area (Å²) in [5.74, 6) is 1.34. The molecule has 0 saturated carbocycles. The first-order valence-electron chi connectivity index (χ1n) is 6.25. The van der Waals surface area contributed by atoms with Crippen molar-refractivity contribution in [3.05, 3.63) is 36.8 Å². The van der Waals surface area contributed by atoms with Crippen LogP contribution in [0.3, 0.4) is 0 Å². The van der Waals surface area contributed by atoms with Crippen LogP contribution in [-0.4, -0.2) is 7.11 Å². The van der Waals surface area contributed by atoms with E-state index in [0.717, 1.165) is 5.75 Å². The second kappa shape index (κ2) is 7.32. The Morgan fingerprint density at radius 1 is 1.12 bits per heavy atom. The molecule has 0 aromatic heterocycles. The molecule has 0 aliphatic rings. The van der Waals surface area contributed by atoms with Crippen LogP contribution in [0.25, 0.3) is 0 Å². The summed E-state index contributed by atoms with van der Waals surface area (Å²) >= 11 is 0. The predicted octanol–water partition coefficient (Wildman–Crippen LogP) is 4.58. The summed E-state index contributed by atoms with van der Waals surface area (Å²) in [5, 5.41) is 0. The SMILES string of the molecule is [CH2]C(CCCCCC)c1ccc(OC)cc1. The van der Waals surface area contributed by atoms with Crippen LogP contribution in [0.5, 0.6) is 5.75 Å². The number of methoxy groups -OCH3 is 1. The van der Waals surface area contributed by atoms with E-state index in [0.29, 0.717) is 5.92 Å². The summed E-state index contributed by atoms with van der Waals surface area (Å²) in [7, 11) is 1.70. The highest BCUT2D eigenvalue weighted by Crippen LogP contribution is 2.23. The minimum atomic E-state index is 0.419. The minimum Gasteiger partial charge on any atom is -0.497 e. The van der Waals surface area contributed by atoms with Gasteiger partial charge in [-0.15, -0.1) is 0 Å². The van der Waals surface area contributed by atoms with Crippen LogP contribution in [0.1, 0.15) is 50.5 Å². The largest absolute Gasteiger partial charge is 0.497 e. The molecule has 1 aromatic rings. The smallest absolute Gasteiger partial charge is 0.118 e. The lowest BCUT2D eigenvalue weighted by molar-refractivity contribution is 0.414. The summed E-state index contributed by atoms with van der Waals surface area (Å²) in [6.07, 6.45) is 6.44. The van der Waals surface area contributed by atoms with Gasteiger partial charge in [0, 0.05) is 0 Å². The van der Waals surface area contributed by atoms with Gasteiger partial charge in [-0.25, -0.2) is 0 Å². The first-order valence-corrected chi connectivity index (χ1v) is 6.25. The van der Waals surface area contributed by atoms with E-state index < -0.39 is 0 Å². The third-order valence-corrected chi connectivity index (χ3v) is 2.99. The molecule has 1 rings (SSSR count). The second-order valence-corrected chi connectivity index (χ2v) is 4.32. The summed E-state index contributed by atoms with van der Waals surface area (Å²) in [5.41, 5.74) is 1.32. The van der Waals surface area contributed by atoms with E-state index in [4.69, 9.17) is 4.74 Å². The standard InChI is InChI=1S/C15H23O/c1-4-5-6-7-8-13(2)14-9-11-15(16-3)12-10-14/h9-13H,2,4-8H2,1,3H3. The molecule has 1 atom stereocenters. The van der Waals surface area contributed by atoms with Crippen molar-refractivity contribution >= 4 is 0 Å². The van der Waals surface area contributed by atoms with Crippen molar-refractivity contribution in [2.45, 2.75) is 44.9 Å². The maximum absolute atomic E-state index is 5.14. The molecule has 0 heterocycles. The van der Waals surface area contributed by atoms with Crippen LogP contribution in [0.2, 0.25) is 0 Å². The maximum atomic E-state index is 5.14. The summed E-state index contributed by atoms with van der Waals surface area (Å²) in [6, 6.07) is 8.27. The van der Waals surface area contributed by atoms with Crippen LogP contribution >= 0.6 is 0 Å². The summed E-state index contributed by atoms with van der Waals surface area (Å²) in [4.78, 5) is 0. The molecule has 0 saturated heterocycles.